The summed E-state index contributed by atoms with van der Waals surface area (Å²) in [6.45, 7) is 2.78. The molecule has 1 atom stereocenters. The lowest BCUT2D eigenvalue weighted by Gasteiger charge is -2.24. The van der Waals surface area contributed by atoms with Crippen LogP contribution < -0.4 is 14.8 Å². The summed E-state index contributed by atoms with van der Waals surface area (Å²) < 4.78 is 16.0. The van der Waals surface area contributed by atoms with Gasteiger partial charge in [-0.2, -0.15) is 0 Å². The van der Waals surface area contributed by atoms with E-state index in [4.69, 9.17) is 14.0 Å². The Kier molecular flexibility index (Phi) is 5.65. The van der Waals surface area contributed by atoms with Gasteiger partial charge >= 0.3 is 6.03 Å². The van der Waals surface area contributed by atoms with Gasteiger partial charge in [0.25, 0.3) is 0 Å². The lowest BCUT2D eigenvalue weighted by molar-refractivity contribution is 0.204. The number of methoxy groups -OCH3 is 2. The maximum absolute atomic E-state index is 12.9. The largest absolute Gasteiger partial charge is 0.497 e. The molecule has 0 radical (unpaired) electrons. The van der Waals surface area contributed by atoms with E-state index < -0.39 is 0 Å². The second kappa shape index (κ2) is 8.12. The molecule has 7 heteroatoms. The average molecular weight is 359 g/mol. The van der Waals surface area contributed by atoms with Crippen molar-refractivity contribution in [1.29, 1.82) is 0 Å². The van der Waals surface area contributed by atoms with Gasteiger partial charge in [-0.1, -0.05) is 12.1 Å². The summed E-state index contributed by atoms with van der Waals surface area (Å²) in [7, 11) is 3.16. The topological polar surface area (TPSA) is 76.8 Å². The van der Waals surface area contributed by atoms with E-state index in [1.54, 1.807) is 37.3 Å². The van der Waals surface area contributed by atoms with Crippen LogP contribution in [-0.4, -0.2) is 36.9 Å². The third kappa shape index (κ3) is 3.76. The maximum Gasteiger partial charge on any atom is 0.322 e. The van der Waals surface area contributed by atoms with Crippen LogP contribution in [0.4, 0.5) is 10.5 Å². The van der Waals surface area contributed by atoms with Crippen LogP contribution in [0.15, 0.2) is 28.8 Å². The van der Waals surface area contributed by atoms with Gasteiger partial charge in [0.1, 0.15) is 23.0 Å². The van der Waals surface area contributed by atoms with E-state index in [-0.39, 0.29) is 12.1 Å². The Morgan fingerprint density at radius 3 is 2.92 bits per heavy atom. The Hall–Kier alpha value is -2.70. The lowest BCUT2D eigenvalue weighted by Crippen LogP contribution is -2.34. The number of nitrogens with one attached hydrogen (secondary N) is 1. The molecule has 1 fully saturated rings. The number of carbonyl (C=O) groups excluding carboxylic acids is 1. The van der Waals surface area contributed by atoms with Crippen LogP contribution in [0.25, 0.3) is 0 Å². The third-order valence-corrected chi connectivity index (χ3v) is 4.58. The normalized spacial score (nSPS) is 16.6. The Morgan fingerprint density at radius 1 is 1.35 bits per heavy atom. The minimum absolute atomic E-state index is 0.0686. The van der Waals surface area contributed by atoms with E-state index in [9.17, 15) is 4.79 Å². The highest BCUT2D eigenvalue weighted by Crippen LogP contribution is 2.34. The first-order chi connectivity index (χ1) is 12.7. The van der Waals surface area contributed by atoms with Gasteiger partial charge in [-0.15, -0.1) is 0 Å². The molecular formula is C19H25N3O4. The molecule has 1 N–H and O–H groups in total. The zero-order valence-corrected chi connectivity index (χ0v) is 15.4. The molecule has 0 bridgehead atoms. The number of hydrogen-bond acceptors (Lipinski definition) is 5. The smallest absolute Gasteiger partial charge is 0.322 e. The monoisotopic (exact) mass is 359 g/mol. The third-order valence-electron chi connectivity index (χ3n) is 4.58. The van der Waals surface area contributed by atoms with Crippen LogP contribution in [0, 0.1) is 0 Å². The Bertz CT molecular complexity index is 759. The molecule has 2 aromatic rings. The van der Waals surface area contributed by atoms with Gasteiger partial charge in [-0.25, -0.2) is 4.79 Å². The number of aryl methyl sites for hydroxylation is 1. The number of benzene rings is 1. The number of nitrogens with zero attached hydrogens (tertiary/aromatic N) is 2. The van der Waals surface area contributed by atoms with Crippen molar-refractivity contribution in [2.24, 2.45) is 0 Å². The number of hydrogen-bond donors (Lipinski definition) is 1. The van der Waals surface area contributed by atoms with Crippen molar-refractivity contribution < 1.29 is 18.8 Å². The summed E-state index contributed by atoms with van der Waals surface area (Å²) in [6, 6.07) is 7.02. The van der Waals surface area contributed by atoms with Gasteiger partial charge in [0.2, 0.25) is 0 Å². The molecule has 140 valence electrons. The van der Waals surface area contributed by atoms with Gasteiger partial charge in [-0.3, -0.25) is 0 Å². The quantitative estimate of drug-likeness (QED) is 0.843. The number of ether oxygens (including phenoxy) is 2. The summed E-state index contributed by atoms with van der Waals surface area (Å²) >= 11 is 0. The number of anilines is 1. The van der Waals surface area contributed by atoms with Gasteiger partial charge < -0.3 is 24.2 Å². The van der Waals surface area contributed by atoms with Crippen LogP contribution >= 0.6 is 0 Å². The van der Waals surface area contributed by atoms with E-state index >= 15 is 0 Å². The van der Waals surface area contributed by atoms with Crippen LogP contribution in [0.3, 0.4) is 0 Å². The van der Waals surface area contributed by atoms with E-state index in [1.165, 1.54) is 0 Å². The molecule has 2 heterocycles. The minimum Gasteiger partial charge on any atom is -0.497 e. The fraction of sp³-hybridized carbons (Fsp3) is 0.474. The SMILES string of the molecule is CCCc1cc(C2CCCN2C(=O)Nc2cc(OC)ccc2OC)no1. The predicted octanol–water partition coefficient (Wildman–Crippen LogP) is 4.01. The van der Waals surface area contributed by atoms with Crippen molar-refractivity contribution in [3.63, 3.8) is 0 Å². The van der Waals surface area contributed by atoms with Crippen molar-refractivity contribution >= 4 is 11.7 Å². The van der Waals surface area contributed by atoms with Crippen LogP contribution in [0.2, 0.25) is 0 Å². The van der Waals surface area contributed by atoms with Crippen molar-refractivity contribution in [3.8, 4) is 11.5 Å². The van der Waals surface area contributed by atoms with Crippen LogP contribution in [0.5, 0.6) is 11.5 Å². The molecule has 3 rings (SSSR count). The van der Waals surface area contributed by atoms with Crippen LogP contribution in [0.1, 0.15) is 43.7 Å². The van der Waals surface area contributed by atoms with Gasteiger partial charge in [0.15, 0.2) is 0 Å². The number of likely N-dealkylation sites (tertiary alicyclic amines) is 1. The van der Waals surface area contributed by atoms with E-state index in [0.717, 1.165) is 37.1 Å². The molecule has 0 saturated carbocycles. The molecule has 1 saturated heterocycles. The first kappa shape index (κ1) is 18.1. The van der Waals surface area contributed by atoms with Crippen LogP contribution in [-0.2, 0) is 6.42 Å². The maximum atomic E-state index is 12.9. The van der Waals surface area contributed by atoms with Gasteiger partial charge in [0, 0.05) is 25.1 Å². The van der Waals surface area contributed by atoms with Crippen molar-refractivity contribution in [2.75, 3.05) is 26.1 Å². The second-order valence-electron chi connectivity index (χ2n) is 6.32. The standard InChI is InChI=1S/C19H25N3O4/c1-4-6-14-12-15(21-26-14)17-7-5-10-22(17)19(23)20-16-11-13(24-2)8-9-18(16)25-3/h8-9,11-12,17H,4-7,10H2,1-3H3,(H,20,23). The summed E-state index contributed by atoms with van der Waals surface area (Å²) in [5.41, 5.74) is 1.40. The molecule has 1 aromatic carbocycles. The first-order valence-electron chi connectivity index (χ1n) is 8.91. The second-order valence-corrected chi connectivity index (χ2v) is 6.32. The van der Waals surface area contributed by atoms with Crippen molar-refractivity contribution in [2.45, 2.75) is 38.6 Å². The van der Waals surface area contributed by atoms with Gasteiger partial charge in [-0.05, 0) is 31.4 Å². The highest BCUT2D eigenvalue weighted by molar-refractivity contribution is 5.91. The molecule has 1 aliphatic rings. The number of amides is 2. The van der Waals surface area contributed by atoms with E-state index in [1.807, 2.05) is 6.07 Å². The minimum atomic E-state index is -0.181. The molecule has 1 aliphatic heterocycles. The van der Waals surface area contributed by atoms with E-state index in [2.05, 4.69) is 17.4 Å². The average Bonchev–Trinajstić information content (AvgIpc) is 3.31. The summed E-state index contributed by atoms with van der Waals surface area (Å²) in [4.78, 5) is 14.7. The molecule has 0 spiro atoms. The number of urea groups is 1. The molecule has 1 aromatic heterocycles. The van der Waals surface area contributed by atoms with Crippen molar-refractivity contribution in [3.05, 3.63) is 35.7 Å². The number of rotatable bonds is 6. The molecule has 7 nitrogen and oxygen atoms in total. The fourth-order valence-electron chi connectivity index (χ4n) is 3.27. The lowest BCUT2D eigenvalue weighted by atomic mass is 10.1. The highest BCUT2D eigenvalue weighted by atomic mass is 16.5. The molecule has 1 unspecified atom stereocenters. The summed E-state index contributed by atoms with van der Waals surface area (Å²) in [5, 5.41) is 7.11. The summed E-state index contributed by atoms with van der Waals surface area (Å²) in [6.07, 6.45) is 3.66. The first-order valence-corrected chi connectivity index (χ1v) is 8.91. The predicted molar refractivity (Wildman–Crippen MR) is 97.7 cm³/mol. The highest BCUT2D eigenvalue weighted by Gasteiger charge is 2.32. The zero-order chi connectivity index (χ0) is 18.5. The number of carbonyl (C=O) groups is 1. The molecule has 2 amide bonds. The zero-order valence-electron chi connectivity index (χ0n) is 15.4. The van der Waals surface area contributed by atoms with Gasteiger partial charge in [0.05, 0.1) is 25.9 Å². The van der Waals surface area contributed by atoms with E-state index in [0.29, 0.717) is 23.7 Å². The fourth-order valence-corrected chi connectivity index (χ4v) is 3.27. The Labute approximate surface area is 153 Å². The van der Waals surface area contributed by atoms with Crippen molar-refractivity contribution in [1.82, 2.24) is 10.1 Å². The number of aromatic nitrogens is 1. The molecule has 0 aliphatic carbocycles. The molecular weight excluding hydrogens is 334 g/mol. The Morgan fingerprint density at radius 2 is 2.19 bits per heavy atom. The Balaban J connectivity index is 1.76. The summed E-state index contributed by atoms with van der Waals surface area (Å²) in [5.74, 6) is 2.10. The molecule has 26 heavy (non-hydrogen) atoms.